The van der Waals surface area contributed by atoms with Crippen molar-refractivity contribution in [2.75, 3.05) is 13.1 Å². The van der Waals surface area contributed by atoms with Crippen LogP contribution in [0.1, 0.15) is 24.0 Å². The molecule has 0 bridgehead atoms. The first-order chi connectivity index (χ1) is 13.0. The fourth-order valence-electron chi connectivity index (χ4n) is 3.19. The van der Waals surface area contributed by atoms with Crippen LogP contribution in [0.5, 0.6) is 0 Å². The zero-order valence-corrected chi connectivity index (χ0v) is 18.5. The number of rotatable bonds is 5. The van der Waals surface area contributed by atoms with Crippen LogP contribution in [-0.2, 0) is 13.1 Å². The van der Waals surface area contributed by atoms with Gasteiger partial charge in [0.15, 0.2) is 5.96 Å². The van der Waals surface area contributed by atoms with Crippen LogP contribution in [0.15, 0.2) is 47.5 Å². The summed E-state index contributed by atoms with van der Waals surface area (Å²) >= 11 is 5.55. The highest BCUT2D eigenvalue weighted by Gasteiger charge is 2.19. The fraction of sp³-hybridized carbons (Fsp3) is 0.350. The Morgan fingerprint density at radius 3 is 2.50 bits per heavy atom. The minimum absolute atomic E-state index is 0. The molecule has 0 spiro atoms. The standard InChI is InChI=1S/C20H23ClF2N4.HI/c21-17-11-18(22)15(10-19(17)23)12-25-20(24)26-16-6-8-27(9-7-16)13-14-4-2-1-3-5-14;/h1-5,10-11,16H,6-9,12-13H2,(H3,24,25,26);1H. The maximum absolute atomic E-state index is 13.8. The molecule has 152 valence electrons. The van der Waals surface area contributed by atoms with Gasteiger partial charge in [0.05, 0.1) is 11.6 Å². The highest BCUT2D eigenvalue weighted by atomic mass is 127. The summed E-state index contributed by atoms with van der Waals surface area (Å²) in [6.07, 6.45) is 1.90. The molecule has 2 aromatic rings. The molecule has 2 aromatic carbocycles. The number of aliphatic imine (C=N–C) groups is 1. The van der Waals surface area contributed by atoms with E-state index in [-0.39, 0.29) is 53.1 Å². The number of hydrogen-bond donors (Lipinski definition) is 2. The van der Waals surface area contributed by atoms with Crippen molar-refractivity contribution in [3.8, 4) is 0 Å². The Morgan fingerprint density at radius 2 is 1.82 bits per heavy atom. The molecule has 8 heteroatoms. The van der Waals surface area contributed by atoms with Crippen molar-refractivity contribution >= 4 is 41.5 Å². The molecular formula is C20H24ClF2IN4. The van der Waals surface area contributed by atoms with Gasteiger partial charge in [-0.1, -0.05) is 41.9 Å². The molecule has 0 atom stereocenters. The molecule has 1 aliphatic heterocycles. The van der Waals surface area contributed by atoms with Crippen molar-refractivity contribution in [2.45, 2.75) is 32.0 Å². The van der Waals surface area contributed by atoms with Crippen LogP contribution < -0.4 is 11.1 Å². The molecule has 0 aromatic heterocycles. The molecule has 1 heterocycles. The molecule has 4 nitrogen and oxygen atoms in total. The highest BCUT2D eigenvalue weighted by molar-refractivity contribution is 14.0. The van der Waals surface area contributed by atoms with Crippen molar-refractivity contribution in [3.63, 3.8) is 0 Å². The normalized spacial score (nSPS) is 15.9. The van der Waals surface area contributed by atoms with Crippen LogP contribution in [0.2, 0.25) is 5.02 Å². The second-order valence-electron chi connectivity index (χ2n) is 6.74. The first kappa shape index (κ1) is 22.8. The lowest BCUT2D eigenvalue weighted by molar-refractivity contribution is 0.199. The van der Waals surface area contributed by atoms with E-state index >= 15 is 0 Å². The lowest BCUT2D eigenvalue weighted by Gasteiger charge is -2.32. The SMILES string of the molecule is I.NC(=NCc1cc(F)c(Cl)cc1F)NC1CCN(Cc2ccccc2)CC1. The first-order valence-electron chi connectivity index (χ1n) is 8.97. The maximum atomic E-state index is 13.8. The third-order valence-electron chi connectivity index (χ3n) is 4.70. The molecule has 28 heavy (non-hydrogen) atoms. The Balaban J connectivity index is 0.00000280. The summed E-state index contributed by atoms with van der Waals surface area (Å²) in [5.41, 5.74) is 7.34. The summed E-state index contributed by atoms with van der Waals surface area (Å²) in [5.74, 6) is -1.01. The van der Waals surface area contributed by atoms with Gasteiger partial charge in [-0.2, -0.15) is 0 Å². The fourth-order valence-corrected chi connectivity index (χ4v) is 3.34. The average Bonchev–Trinajstić information content (AvgIpc) is 2.66. The molecule has 1 aliphatic rings. The van der Waals surface area contributed by atoms with E-state index in [2.05, 4.69) is 39.5 Å². The number of hydrogen-bond acceptors (Lipinski definition) is 2. The number of nitrogens with zero attached hydrogens (tertiary/aromatic N) is 2. The number of nitrogens with one attached hydrogen (secondary N) is 1. The number of benzene rings is 2. The Bertz CT molecular complexity index is 796. The van der Waals surface area contributed by atoms with Crippen molar-refractivity contribution in [1.82, 2.24) is 10.2 Å². The van der Waals surface area contributed by atoms with Gasteiger partial charge in [-0.3, -0.25) is 4.90 Å². The third-order valence-corrected chi connectivity index (χ3v) is 4.99. The topological polar surface area (TPSA) is 53.6 Å². The molecular weight excluding hydrogens is 497 g/mol. The van der Waals surface area contributed by atoms with Crippen LogP contribution in [0.25, 0.3) is 0 Å². The van der Waals surface area contributed by atoms with Gasteiger partial charge in [0.25, 0.3) is 0 Å². The Hall–Kier alpha value is -1.45. The minimum Gasteiger partial charge on any atom is -0.370 e. The third kappa shape index (κ3) is 6.56. The van der Waals surface area contributed by atoms with Gasteiger partial charge in [-0.25, -0.2) is 13.8 Å². The monoisotopic (exact) mass is 520 g/mol. The molecule has 0 amide bonds. The van der Waals surface area contributed by atoms with Crippen LogP contribution in [0, 0.1) is 11.6 Å². The van der Waals surface area contributed by atoms with E-state index in [1.54, 1.807) is 0 Å². The van der Waals surface area contributed by atoms with Gasteiger partial charge in [0.1, 0.15) is 11.6 Å². The minimum atomic E-state index is -0.666. The van der Waals surface area contributed by atoms with Crippen molar-refractivity contribution in [1.29, 1.82) is 0 Å². The summed E-state index contributed by atoms with van der Waals surface area (Å²) in [6, 6.07) is 12.6. The average molecular weight is 521 g/mol. The molecule has 3 N–H and O–H groups in total. The number of likely N-dealkylation sites (tertiary alicyclic amines) is 1. The molecule has 1 saturated heterocycles. The Kier molecular flexibility index (Phi) is 8.91. The Morgan fingerprint density at radius 1 is 1.14 bits per heavy atom. The van der Waals surface area contributed by atoms with Crippen LogP contribution in [0.3, 0.4) is 0 Å². The molecule has 1 fully saturated rings. The predicted octanol–water partition coefficient (Wildman–Crippen LogP) is 4.31. The summed E-state index contributed by atoms with van der Waals surface area (Å²) in [7, 11) is 0. The molecule has 3 rings (SSSR count). The number of halogens is 4. The summed E-state index contributed by atoms with van der Waals surface area (Å²) < 4.78 is 27.2. The van der Waals surface area contributed by atoms with Gasteiger partial charge < -0.3 is 11.1 Å². The quantitative estimate of drug-likeness (QED) is 0.267. The molecule has 0 unspecified atom stereocenters. The van der Waals surface area contributed by atoms with E-state index in [1.165, 1.54) is 5.56 Å². The van der Waals surface area contributed by atoms with Gasteiger partial charge in [0.2, 0.25) is 0 Å². The summed E-state index contributed by atoms with van der Waals surface area (Å²) in [5, 5.41) is 2.94. The van der Waals surface area contributed by atoms with Gasteiger partial charge >= 0.3 is 0 Å². The second-order valence-corrected chi connectivity index (χ2v) is 7.15. The predicted molar refractivity (Wildman–Crippen MR) is 120 cm³/mol. The Labute approximate surface area is 186 Å². The van der Waals surface area contributed by atoms with Gasteiger partial charge in [-0.15, -0.1) is 24.0 Å². The number of guanidine groups is 1. The van der Waals surface area contributed by atoms with Crippen LogP contribution in [0.4, 0.5) is 8.78 Å². The van der Waals surface area contributed by atoms with E-state index in [9.17, 15) is 8.78 Å². The molecule has 0 saturated carbocycles. The zero-order valence-electron chi connectivity index (χ0n) is 15.4. The van der Waals surface area contributed by atoms with Crippen LogP contribution in [-0.4, -0.2) is 30.0 Å². The van der Waals surface area contributed by atoms with E-state index < -0.39 is 11.6 Å². The summed E-state index contributed by atoms with van der Waals surface area (Å²) in [6.45, 7) is 2.85. The smallest absolute Gasteiger partial charge is 0.189 e. The van der Waals surface area contributed by atoms with Crippen molar-refractivity contribution in [3.05, 3.63) is 70.2 Å². The highest BCUT2D eigenvalue weighted by Crippen LogP contribution is 2.20. The largest absolute Gasteiger partial charge is 0.370 e. The summed E-state index contributed by atoms with van der Waals surface area (Å²) in [4.78, 5) is 6.54. The van der Waals surface area contributed by atoms with E-state index in [4.69, 9.17) is 17.3 Å². The lowest BCUT2D eigenvalue weighted by Crippen LogP contribution is -2.46. The second kappa shape index (κ2) is 10.9. The zero-order chi connectivity index (χ0) is 19.2. The lowest BCUT2D eigenvalue weighted by atomic mass is 10.0. The van der Waals surface area contributed by atoms with Crippen LogP contribution >= 0.6 is 35.6 Å². The van der Waals surface area contributed by atoms with E-state index in [0.717, 1.165) is 44.6 Å². The number of piperidine rings is 1. The van der Waals surface area contributed by atoms with Crippen molar-refractivity contribution in [2.24, 2.45) is 10.7 Å². The van der Waals surface area contributed by atoms with Crippen molar-refractivity contribution < 1.29 is 8.78 Å². The molecule has 0 radical (unpaired) electrons. The van der Waals surface area contributed by atoms with Gasteiger partial charge in [-0.05, 0) is 30.5 Å². The van der Waals surface area contributed by atoms with Gasteiger partial charge in [0, 0.05) is 31.2 Å². The number of nitrogens with two attached hydrogens (primary N) is 1. The van der Waals surface area contributed by atoms with E-state index in [1.807, 2.05) is 6.07 Å². The maximum Gasteiger partial charge on any atom is 0.189 e. The van der Waals surface area contributed by atoms with E-state index in [0.29, 0.717) is 0 Å². The molecule has 0 aliphatic carbocycles. The first-order valence-corrected chi connectivity index (χ1v) is 9.35.